The van der Waals surface area contributed by atoms with Crippen LogP contribution in [0.25, 0.3) is 22.8 Å². The molecule has 200 valence electrons. The fourth-order valence-electron chi connectivity index (χ4n) is 4.03. The van der Waals surface area contributed by atoms with E-state index in [9.17, 15) is 9.90 Å². The third-order valence-electron chi connectivity index (χ3n) is 6.22. The van der Waals surface area contributed by atoms with Gasteiger partial charge in [0.05, 0.1) is 0 Å². The third kappa shape index (κ3) is 7.61. The summed E-state index contributed by atoms with van der Waals surface area (Å²) in [6.45, 7) is 9.43. The Morgan fingerprint density at radius 1 is 1.11 bits per heavy atom. The van der Waals surface area contributed by atoms with Crippen molar-refractivity contribution in [2.45, 2.75) is 53.2 Å². The molecule has 1 amide bonds. The highest BCUT2D eigenvalue weighted by Crippen LogP contribution is 2.31. The Hall–Kier alpha value is -3.27. The molecule has 0 saturated heterocycles. The Balaban J connectivity index is 1.81. The van der Waals surface area contributed by atoms with Gasteiger partial charge in [0, 0.05) is 24.2 Å². The molecule has 0 bridgehead atoms. The molecule has 0 aliphatic rings. The van der Waals surface area contributed by atoms with E-state index in [2.05, 4.69) is 54.5 Å². The quantitative estimate of drug-likeness (QED) is 0.321. The van der Waals surface area contributed by atoms with Crippen LogP contribution in [0.1, 0.15) is 43.0 Å². The molecule has 3 rings (SSSR count). The molecule has 1 atom stereocenters. The van der Waals surface area contributed by atoms with Crippen LogP contribution in [0, 0.1) is 6.92 Å². The summed E-state index contributed by atoms with van der Waals surface area (Å²) in [5.74, 6) is 1.12. The summed E-state index contributed by atoms with van der Waals surface area (Å²) in [6.07, 6.45) is 0.722. The van der Waals surface area contributed by atoms with Crippen LogP contribution >= 0.6 is 0 Å². The zero-order valence-corrected chi connectivity index (χ0v) is 22.4. The van der Waals surface area contributed by atoms with Crippen LogP contribution in [-0.2, 0) is 24.2 Å². The van der Waals surface area contributed by atoms with Crippen molar-refractivity contribution >= 4 is 5.91 Å². The second-order valence-corrected chi connectivity index (χ2v) is 9.21. The molecule has 1 heterocycles. The zero-order valence-electron chi connectivity index (χ0n) is 22.4. The van der Waals surface area contributed by atoms with Gasteiger partial charge >= 0.3 is 0 Å². The van der Waals surface area contributed by atoms with Gasteiger partial charge in [-0.15, -0.1) is 0 Å². The average Bonchev–Trinajstić information content (AvgIpc) is 3.40. The van der Waals surface area contributed by atoms with Crippen molar-refractivity contribution < 1.29 is 24.3 Å². The van der Waals surface area contributed by atoms with E-state index in [1.54, 1.807) is 0 Å². The highest BCUT2D eigenvalue weighted by molar-refractivity contribution is 5.76. The largest absolute Gasteiger partial charge is 0.490 e. The van der Waals surface area contributed by atoms with Crippen LogP contribution in [0.2, 0.25) is 0 Å². The first-order chi connectivity index (χ1) is 17.8. The van der Waals surface area contributed by atoms with E-state index in [1.165, 1.54) is 11.1 Å². The summed E-state index contributed by atoms with van der Waals surface area (Å²) < 4.78 is 11.6. The predicted molar refractivity (Wildman–Crippen MR) is 142 cm³/mol. The molecule has 0 saturated carbocycles. The molecule has 0 radical (unpaired) electrons. The smallest absolute Gasteiger partial charge is 0.258 e. The fourth-order valence-corrected chi connectivity index (χ4v) is 4.03. The van der Waals surface area contributed by atoms with E-state index in [4.69, 9.17) is 19.4 Å². The van der Waals surface area contributed by atoms with Gasteiger partial charge in [0.15, 0.2) is 0 Å². The number of aryl methyl sites for hydroxylation is 3. The Bertz CT molecular complexity index is 1190. The number of amides is 1. The summed E-state index contributed by atoms with van der Waals surface area (Å²) in [7, 11) is 2.10. The number of hydrogen-bond acceptors (Lipinski definition) is 8. The van der Waals surface area contributed by atoms with Gasteiger partial charge < -0.3 is 29.7 Å². The minimum absolute atomic E-state index is 0.000698. The predicted octanol–water partition coefficient (Wildman–Crippen LogP) is 3.14. The molecule has 3 N–H and O–H groups in total. The Kier molecular flexibility index (Phi) is 10.2. The van der Waals surface area contributed by atoms with Crippen molar-refractivity contribution in [1.82, 2.24) is 20.4 Å². The summed E-state index contributed by atoms with van der Waals surface area (Å²) in [5, 5.41) is 25.6. The van der Waals surface area contributed by atoms with Crippen LogP contribution < -0.4 is 10.1 Å². The number of aliphatic hydroxyl groups is 2. The molecule has 9 nitrogen and oxygen atoms in total. The van der Waals surface area contributed by atoms with Gasteiger partial charge in [-0.3, -0.25) is 4.79 Å². The minimum atomic E-state index is -0.903. The number of ether oxygens (including phenoxy) is 1. The van der Waals surface area contributed by atoms with Crippen LogP contribution in [0.15, 0.2) is 34.9 Å². The SMILES string of the molecule is CCc1cc(CN(C)CC)cc(-c2nc(-c3cc(C)c(OC[C@@H](O)CNC(=O)CO)c(CC)c3)no2)c1. The van der Waals surface area contributed by atoms with Crippen molar-refractivity contribution in [2.24, 2.45) is 0 Å². The molecule has 0 fully saturated rings. The Labute approximate surface area is 218 Å². The molecule has 0 aliphatic heterocycles. The lowest BCUT2D eigenvalue weighted by Crippen LogP contribution is -2.36. The molecule has 37 heavy (non-hydrogen) atoms. The summed E-state index contributed by atoms with van der Waals surface area (Å²) in [5.41, 5.74) is 6.00. The lowest BCUT2D eigenvalue weighted by molar-refractivity contribution is -0.124. The molecule has 9 heteroatoms. The third-order valence-corrected chi connectivity index (χ3v) is 6.22. The standard InChI is InChI=1S/C28H38N4O5/c1-6-19-10-20(15-32(5)8-3)12-23(11-19)28-30-27(31-37-28)22-9-18(4)26(21(7-2)13-22)36-17-24(34)14-29-25(35)16-33/h9-13,24,33-34H,6-8,14-17H2,1-5H3,(H,29,35)/t24-/m0/s1. The molecule has 2 aromatic carbocycles. The van der Waals surface area contributed by atoms with E-state index in [-0.39, 0.29) is 13.2 Å². The van der Waals surface area contributed by atoms with E-state index >= 15 is 0 Å². The van der Waals surface area contributed by atoms with Crippen molar-refractivity contribution in [3.05, 3.63) is 52.6 Å². The van der Waals surface area contributed by atoms with Crippen molar-refractivity contribution in [3.8, 4) is 28.6 Å². The van der Waals surface area contributed by atoms with Gasteiger partial charge in [-0.25, -0.2) is 0 Å². The number of rotatable bonds is 13. The number of carbonyl (C=O) groups is 1. The second-order valence-electron chi connectivity index (χ2n) is 9.21. The van der Waals surface area contributed by atoms with Gasteiger partial charge in [0.1, 0.15) is 25.1 Å². The van der Waals surface area contributed by atoms with Crippen LogP contribution in [-0.4, -0.2) is 70.6 Å². The molecular formula is C28H38N4O5. The van der Waals surface area contributed by atoms with Crippen LogP contribution in [0.3, 0.4) is 0 Å². The lowest BCUT2D eigenvalue weighted by Gasteiger charge is -2.17. The number of hydrogen-bond donors (Lipinski definition) is 3. The van der Waals surface area contributed by atoms with Gasteiger partial charge in [-0.2, -0.15) is 4.98 Å². The van der Waals surface area contributed by atoms with Gasteiger partial charge in [-0.05, 0) is 79.9 Å². The van der Waals surface area contributed by atoms with E-state index in [1.807, 2.05) is 26.0 Å². The van der Waals surface area contributed by atoms with E-state index in [0.29, 0.717) is 23.9 Å². The van der Waals surface area contributed by atoms with Crippen molar-refractivity contribution in [3.63, 3.8) is 0 Å². The molecular weight excluding hydrogens is 472 g/mol. The van der Waals surface area contributed by atoms with Crippen LogP contribution in [0.5, 0.6) is 5.75 Å². The number of nitrogens with one attached hydrogen (secondary N) is 1. The Morgan fingerprint density at radius 2 is 1.86 bits per heavy atom. The van der Waals surface area contributed by atoms with Gasteiger partial charge in [-0.1, -0.05) is 32.0 Å². The normalized spacial score (nSPS) is 12.1. The summed E-state index contributed by atoms with van der Waals surface area (Å²) >= 11 is 0. The van der Waals surface area contributed by atoms with E-state index < -0.39 is 18.6 Å². The fraction of sp³-hybridized carbons (Fsp3) is 0.464. The van der Waals surface area contributed by atoms with Crippen molar-refractivity contribution in [1.29, 1.82) is 0 Å². The van der Waals surface area contributed by atoms with Gasteiger partial charge in [0.25, 0.3) is 5.89 Å². The highest BCUT2D eigenvalue weighted by Gasteiger charge is 2.17. The number of nitrogens with zero attached hydrogens (tertiary/aromatic N) is 3. The molecule has 3 aromatic rings. The summed E-state index contributed by atoms with van der Waals surface area (Å²) in [6, 6.07) is 10.3. The number of aromatic nitrogens is 2. The maximum atomic E-state index is 11.2. The summed E-state index contributed by atoms with van der Waals surface area (Å²) in [4.78, 5) is 18.1. The first-order valence-corrected chi connectivity index (χ1v) is 12.8. The highest BCUT2D eigenvalue weighted by atomic mass is 16.5. The van der Waals surface area contributed by atoms with Crippen LogP contribution in [0.4, 0.5) is 0 Å². The topological polar surface area (TPSA) is 121 Å². The molecule has 1 aromatic heterocycles. The number of carbonyl (C=O) groups excluding carboxylic acids is 1. The molecule has 0 spiro atoms. The first-order valence-electron chi connectivity index (χ1n) is 12.8. The maximum absolute atomic E-state index is 11.2. The molecule has 0 aliphatic carbocycles. The van der Waals surface area contributed by atoms with E-state index in [0.717, 1.165) is 41.8 Å². The first kappa shape index (κ1) is 28.3. The number of aliphatic hydroxyl groups excluding tert-OH is 2. The maximum Gasteiger partial charge on any atom is 0.258 e. The number of benzene rings is 2. The minimum Gasteiger partial charge on any atom is -0.490 e. The van der Waals surface area contributed by atoms with Gasteiger partial charge in [0.2, 0.25) is 11.7 Å². The Morgan fingerprint density at radius 3 is 2.54 bits per heavy atom. The zero-order chi connectivity index (χ0) is 26.9. The molecule has 0 unspecified atom stereocenters. The van der Waals surface area contributed by atoms with Crippen molar-refractivity contribution in [2.75, 3.05) is 33.4 Å². The average molecular weight is 511 g/mol. The second kappa shape index (κ2) is 13.3. The lowest BCUT2D eigenvalue weighted by atomic mass is 10.0. The monoisotopic (exact) mass is 510 g/mol.